The van der Waals surface area contributed by atoms with Gasteiger partial charge in [0.25, 0.3) is 11.8 Å². The summed E-state index contributed by atoms with van der Waals surface area (Å²) in [6.45, 7) is 1.15. The number of rotatable bonds is 5. The number of nitrogens with one attached hydrogen (secondary N) is 1. The number of amides is 2. The Kier molecular flexibility index (Phi) is 4.43. The standard InChI is InChI=1S/C17H18N2O4/c18-16(20)13-6-7-14(23-13)17(21)19-10-12-8-9-22-15(12)11-4-2-1-3-5-11/h1-7,12,15H,8-10H2,(H2,18,20)(H,19,21)/t12-,15-/m1/s1. The van der Waals surface area contributed by atoms with Gasteiger partial charge in [0.15, 0.2) is 11.5 Å². The molecular weight excluding hydrogens is 296 g/mol. The van der Waals surface area contributed by atoms with Gasteiger partial charge in [-0.15, -0.1) is 0 Å². The van der Waals surface area contributed by atoms with Gasteiger partial charge in [0.1, 0.15) is 0 Å². The van der Waals surface area contributed by atoms with Crippen LogP contribution in [0.25, 0.3) is 0 Å². The zero-order valence-electron chi connectivity index (χ0n) is 12.5. The van der Waals surface area contributed by atoms with Gasteiger partial charge in [0.05, 0.1) is 6.10 Å². The summed E-state index contributed by atoms with van der Waals surface area (Å²) in [4.78, 5) is 23.1. The fraction of sp³-hybridized carbons (Fsp3) is 0.294. The molecule has 0 unspecified atom stereocenters. The first-order chi connectivity index (χ1) is 11.1. The molecule has 1 aromatic heterocycles. The highest BCUT2D eigenvalue weighted by Gasteiger charge is 2.30. The molecular formula is C17H18N2O4. The van der Waals surface area contributed by atoms with E-state index in [1.165, 1.54) is 12.1 Å². The molecule has 1 aliphatic rings. The number of nitrogens with two attached hydrogens (primary N) is 1. The number of carbonyl (C=O) groups excluding carboxylic acids is 2. The number of furan rings is 1. The van der Waals surface area contributed by atoms with Gasteiger partial charge in [-0.3, -0.25) is 9.59 Å². The van der Waals surface area contributed by atoms with E-state index < -0.39 is 5.91 Å². The number of benzene rings is 1. The Hall–Kier alpha value is -2.60. The largest absolute Gasteiger partial charge is 0.446 e. The van der Waals surface area contributed by atoms with Gasteiger partial charge in [-0.05, 0) is 24.1 Å². The van der Waals surface area contributed by atoms with E-state index in [-0.39, 0.29) is 29.4 Å². The molecule has 120 valence electrons. The molecule has 0 aliphatic carbocycles. The average molecular weight is 314 g/mol. The molecule has 1 aliphatic heterocycles. The van der Waals surface area contributed by atoms with Gasteiger partial charge in [-0.25, -0.2) is 0 Å². The Bertz CT molecular complexity index is 696. The van der Waals surface area contributed by atoms with Crippen LogP contribution < -0.4 is 11.1 Å². The Morgan fingerprint density at radius 3 is 2.57 bits per heavy atom. The maximum Gasteiger partial charge on any atom is 0.287 e. The van der Waals surface area contributed by atoms with Crippen molar-refractivity contribution in [3.05, 3.63) is 59.5 Å². The molecule has 2 aromatic rings. The lowest BCUT2D eigenvalue weighted by Crippen LogP contribution is -2.30. The van der Waals surface area contributed by atoms with Gasteiger partial charge in [-0.1, -0.05) is 30.3 Å². The maximum absolute atomic E-state index is 12.1. The number of hydrogen-bond donors (Lipinski definition) is 2. The predicted octanol–water partition coefficient (Wildman–Crippen LogP) is 1.89. The van der Waals surface area contributed by atoms with Crippen molar-refractivity contribution in [3.8, 4) is 0 Å². The van der Waals surface area contributed by atoms with E-state index in [1.54, 1.807) is 0 Å². The van der Waals surface area contributed by atoms with Gasteiger partial charge in [0.2, 0.25) is 0 Å². The molecule has 0 spiro atoms. The minimum absolute atomic E-state index is 0.0192. The molecule has 6 nitrogen and oxygen atoms in total. The molecule has 2 amide bonds. The maximum atomic E-state index is 12.1. The van der Waals surface area contributed by atoms with E-state index >= 15 is 0 Å². The molecule has 0 bridgehead atoms. The van der Waals surface area contributed by atoms with Gasteiger partial charge >= 0.3 is 0 Å². The quantitative estimate of drug-likeness (QED) is 0.881. The van der Waals surface area contributed by atoms with Crippen LogP contribution in [0.2, 0.25) is 0 Å². The van der Waals surface area contributed by atoms with Crippen molar-refractivity contribution in [2.75, 3.05) is 13.2 Å². The van der Waals surface area contributed by atoms with Crippen LogP contribution in [0.3, 0.4) is 0 Å². The second-order valence-electron chi connectivity index (χ2n) is 5.49. The summed E-state index contributed by atoms with van der Waals surface area (Å²) in [5, 5.41) is 2.83. The van der Waals surface area contributed by atoms with E-state index in [1.807, 2.05) is 30.3 Å². The van der Waals surface area contributed by atoms with Crippen molar-refractivity contribution in [2.45, 2.75) is 12.5 Å². The molecule has 2 heterocycles. The van der Waals surface area contributed by atoms with E-state index in [0.717, 1.165) is 12.0 Å². The van der Waals surface area contributed by atoms with E-state index in [2.05, 4.69) is 5.32 Å². The number of carbonyl (C=O) groups is 2. The van der Waals surface area contributed by atoms with Crippen molar-refractivity contribution >= 4 is 11.8 Å². The van der Waals surface area contributed by atoms with Crippen LogP contribution >= 0.6 is 0 Å². The molecule has 1 aromatic carbocycles. The second kappa shape index (κ2) is 6.66. The van der Waals surface area contributed by atoms with Crippen molar-refractivity contribution in [1.29, 1.82) is 0 Å². The zero-order chi connectivity index (χ0) is 16.2. The Morgan fingerprint density at radius 1 is 1.13 bits per heavy atom. The summed E-state index contributed by atoms with van der Waals surface area (Å²) in [5.41, 5.74) is 6.21. The summed E-state index contributed by atoms with van der Waals surface area (Å²) in [6.07, 6.45) is 0.860. The third kappa shape index (κ3) is 3.43. The molecule has 0 saturated carbocycles. The third-order valence-electron chi connectivity index (χ3n) is 3.94. The molecule has 3 rings (SSSR count). The van der Waals surface area contributed by atoms with Crippen LogP contribution in [0.5, 0.6) is 0 Å². The second-order valence-corrected chi connectivity index (χ2v) is 5.49. The van der Waals surface area contributed by atoms with Gasteiger partial charge in [0, 0.05) is 19.1 Å². The van der Waals surface area contributed by atoms with Gasteiger partial charge in [-0.2, -0.15) is 0 Å². The molecule has 1 saturated heterocycles. The number of primary amides is 1. The van der Waals surface area contributed by atoms with E-state index in [0.29, 0.717) is 13.2 Å². The van der Waals surface area contributed by atoms with Crippen LogP contribution in [-0.4, -0.2) is 25.0 Å². The highest BCUT2D eigenvalue weighted by Crippen LogP contribution is 2.33. The summed E-state index contributed by atoms with van der Waals surface area (Å²) >= 11 is 0. The minimum Gasteiger partial charge on any atom is -0.446 e. The van der Waals surface area contributed by atoms with Crippen LogP contribution in [0.1, 0.15) is 39.2 Å². The smallest absolute Gasteiger partial charge is 0.287 e. The number of ether oxygens (including phenoxy) is 1. The highest BCUT2D eigenvalue weighted by molar-refractivity contribution is 5.94. The summed E-state index contributed by atoms with van der Waals surface area (Å²) < 4.78 is 10.9. The fourth-order valence-corrected chi connectivity index (χ4v) is 2.76. The molecule has 0 radical (unpaired) electrons. The minimum atomic E-state index is -0.697. The van der Waals surface area contributed by atoms with Crippen LogP contribution in [0.15, 0.2) is 46.9 Å². The topological polar surface area (TPSA) is 94.6 Å². The SMILES string of the molecule is NC(=O)c1ccc(C(=O)NC[C@H]2CCO[C@@H]2c2ccccc2)o1. The van der Waals surface area contributed by atoms with Crippen molar-refractivity contribution in [2.24, 2.45) is 11.7 Å². The van der Waals surface area contributed by atoms with E-state index in [4.69, 9.17) is 14.9 Å². The average Bonchev–Trinajstić information content (AvgIpc) is 3.22. The lowest BCUT2D eigenvalue weighted by molar-refractivity contribution is 0.0830. The first-order valence-corrected chi connectivity index (χ1v) is 7.49. The zero-order valence-corrected chi connectivity index (χ0v) is 12.5. The predicted molar refractivity (Wildman–Crippen MR) is 82.8 cm³/mol. The Labute approximate surface area is 133 Å². The first-order valence-electron chi connectivity index (χ1n) is 7.49. The summed E-state index contributed by atoms with van der Waals surface area (Å²) in [6, 6.07) is 12.8. The fourth-order valence-electron chi connectivity index (χ4n) is 2.76. The Morgan fingerprint density at radius 2 is 1.87 bits per heavy atom. The van der Waals surface area contributed by atoms with Crippen LogP contribution in [-0.2, 0) is 4.74 Å². The molecule has 3 N–H and O–H groups in total. The molecule has 1 fully saturated rings. The molecule has 23 heavy (non-hydrogen) atoms. The summed E-state index contributed by atoms with van der Waals surface area (Å²) in [5.74, 6) is -0.809. The number of hydrogen-bond acceptors (Lipinski definition) is 4. The lowest BCUT2D eigenvalue weighted by Gasteiger charge is -2.19. The third-order valence-corrected chi connectivity index (χ3v) is 3.94. The van der Waals surface area contributed by atoms with E-state index in [9.17, 15) is 9.59 Å². The lowest BCUT2D eigenvalue weighted by atomic mass is 9.95. The van der Waals surface area contributed by atoms with Crippen molar-refractivity contribution in [3.63, 3.8) is 0 Å². The first kappa shape index (κ1) is 15.3. The highest BCUT2D eigenvalue weighted by atomic mass is 16.5. The van der Waals surface area contributed by atoms with Crippen LogP contribution in [0, 0.1) is 5.92 Å². The Balaban J connectivity index is 1.60. The van der Waals surface area contributed by atoms with Gasteiger partial charge < -0.3 is 20.2 Å². The normalized spacial score (nSPS) is 20.3. The monoisotopic (exact) mass is 314 g/mol. The van der Waals surface area contributed by atoms with Crippen molar-refractivity contribution < 1.29 is 18.7 Å². The molecule has 6 heteroatoms. The summed E-state index contributed by atoms with van der Waals surface area (Å²) in [7, 11) is 0. The van der Waals surface area contributed by atoms with Crippen LogP contribution in [0.4, 0.5) is 0 Å². The van der Waals surface area contributed by atoms with Crippen molar-refractivity contribution in [1.82, 2.24) is 5.32 Å². The molecule has 2 atom stereocenters.